The van der Waals surface area contributed by atoms with Gasteiger partial charge in [-0.25, -0.2) is 0 Å². The summed E-state index contributed by atoms with van der Waals surface area (Å²) in [7, 11) is 0. The highest BCUT2D eigenvalue weighted by Crippen LogP contribution is 2.60. The van der Waals surface area contributed by atoms with Crippen molar-refractivity contribution in [3.05, 3.63) is 0 Å². The first-order chi connectivity index (χ1) is 16.8. The first-order valence-electron chi connectivity index (χ1n) is 13.6. The standard InChI is InChI=1S/C27H46BrN3O5/c1-7-12-29-22(33)18-19-24(35)31(13-10-8-9-11-14-32)21(27(19)15-17(28)20(18)36-27)23(34)30-26(5,6)16-25(2,3)4/h17-21,32H,7-16H2,1-6H3,(H,29,33)(H,30,34)/t17?,18-,19+,20-,21?,27?/m1/s1. The summed E-state index contributed by atoms with van der Waals surface area (Å²) < 4.78 is 6.54. The van der Waals surface area contributed by atoms with Gasteiger partial charge in [-0.15, -0.1) is 0 Å². The lowest BCUT2D eigenvalue weighted by Crippen LogP contribution is -2.59. The van der Waals surface area contributed by atoms with E-state index in [1.807, 2.05) is 20.8 Å². The van der Waals surface area contributed by atoms with Crippen LogP contribution >= 0.6 is 15.9 Å². The van der Waals surface area contributed by atoms with Crippen molar-refractivity contribution in [2.24, 2.45) is 17.3 Å². The normalized spacial score (nSPS) is 31.6. The highest BCUT2D eigenvalue weighted by atomic mass is 79.9. The fourth-order valence-corrected chi connectivity index (χ4v) is 7.80. The number of hydrogen-bond acceptors (Lipinski definition) is 5. The van der Waals surface area contributed by atoms with Gasteiger partial charge in [0.05, 0.1) is 17.9 Å². The van der Waals surface area contributed by atoms with E-state index in [0.29, 0.717) is 19.5 Å². The average Bonchev–Trinajstić information content (AvgIpc) is 3.33. The fraction of sp³-hybridized carbons (Fsp3) is 0.889. The van der Waals surface area contributed by atoms with Crippen molar-refractivity contribution >= 4 is 33.7 Å². The average molecular weight is 573 g/mol. The molecule has 3 saturated heterocycles. The number of likely N-dealkylation sites (tertiary alicyclic amines) is 1. The SMILES string of the molecule is CCCNC(=O)[C@H]1[C@@H]2OC3(CC2Br)C(C(=O)NC(C)(C)CC(C)(C)C)N(CCCCCCO)C(=O)[C@H]13. The molecule has 0 saturated carbocycles. The number of carbonyl (C=O) groups is 3. The Morgan fingerprint density at radius 1 is 1.14 bits per heavy atom. The molecular weight excluding hydrogens is 526 g/mol. The minimum absolute atomic E-state index is 0.0151. The lowest BCUT2D eigenvalue weighted by atomic mass is 9.70. The van der Waals surface area contributed by atoms with Crippen molar-refractivity contribution in [1.82, 2.24) is 15.5 Å². The highest BCUT2D eigenvalue weighted by molar-refractivity contribution is 9.09. The van der Waals surface area contributed by atoms with E-state index in [2.05, 4.69) is 47.3 Å². The molecule has 3 unspecified atom stereocenters. The summed E-state index contributed by atoms with van der Waals surface area (Å²) in [5.74, 6) is -1.79. The molecule has 3 fully saturated rings. The van der Waals surface area contributed by atoms with E-state index in [-0.39, 0.29) is 34.6 Å². The van der Waals surface area contributed by atoms with Gasteiger partial charge in [-0.3, -0.25) is 14.4 Å². The van der Waals surface area contributed by atoms with Crippen LogP contribution < -0.4 is 10.6 Å². The van der Waals surface area contributed by atoms with E-state index in [1.54, 1.807) is 4.90 Å². The van der Waals surface area contributed by atoms with Gasteiger partial charge in [-0.2, -0.15) is 0 Å². The van der Waals surface area contributed by atoms with Gasteiger partial charge >= 0.3 is 0 Å². The first-order valence-corrected chi connectivity index (χ1v) is 14.5. The lowest BCUT2D eigenvalue weighted by Gasteiger charge is -2.38. The molecule has 0 aromatic rings. The molecule has 3 heterocycles. The van der Waals surface area contributed by atoms with Crippen LogP contribution in [0.1, 0.15) is 86.5 Å². The van der Waals surface area contributed by atoms with Gasteiger partial charge in [-0.05, 0) is 51.4 Å². The Morgan fingerprint density at radius 3 is 2.42 bits per heavy atom. The Hall–Kier alpha value is -1.19. The third kappa shape index (κ3) is 5.93. The summed E-state index contributed by atoms with van der Waals surface area (Å²) in [5.41, 5.74) is -1.47. The Morgan fingerprint density at radius 2 is 1.81 bits per heavy atom. The maximum atomic E-state index is 14.0. The maximum Gasteiger partial charge on any atom is 0.246 e. The number of amides is 3. The summed E-state index contributed by atoms with van der Waals surface area (Å²) in [6.45, 7) is 13.6. The zero-order chi connectivity index (χ0) is 26.9. The van der Waals surface area contributed by atoms with Crippen LogP contribution in [-0.4, -0.2) is 75.5 Å². The van der Waals surface area contributed by atoms with Gasteiger partial charge in [0.1, 0.15) is 11.6 Å². The third-order valence-corrected chi connectivity index (χ3v) is 8.48. The molecule has 3 aliphatic heterocycles. The molecule has 0 aromatic heterocycles. The number of alkyl halides is 1. The van der Waals surface area contributed by atoms with Gasteiger partial charge < -0.3 is 25.4 Å². The van der Waals surface area contributed by atoms with Crippen LogP contribution in [0.5, 0.6) is 0 Å². The monoisotopic (exact) mass is 571 g/mol. The van der Waals surface area contributed by atoms with Crippen molar-refractivity contribution < 1.29 is 24.2 Å². The number of unbranched alkanes of at least 4 members (excludes halogenated alkanes) is 3. The molecule has 2 bridgehead atoms. The quantitative estimate of drug-likeness (QED) is 0.246. The molecule has 9 heteroatoms. The minimum Gasteiger partial charge on any atom is -0.396 e. The zero-order valence-corrected chi connectivity index (χ0v) is 24.4. The Bertz CT molecular complexity index is 829. The van der Waals surface area contributed by atoms with Gasteiger partial charge in [0, 0.05) is 30.1 Å². The second kappa shape index (κ2) is 11.3. The van der Waals surface area contributed by atoms with Gasteiger partial charge in [0.2, 0.25) is 17.7 Å². The van der Waals surface area contributed by atoms with Gasteiger partial charge in [-0.1, -0.05) is 56.5 Å². The topological polar surface area (TPSA) is 108 Å². The number of nitrogens with zero attached hydrogens (tertiary/aromatic N) is 1. The predicted molar refractivity (Wildman–Crippen MR) is 143 cm³/mol. The van der Waals surface area contributed by atoms with E-state index in [0.717, 1.165) is 38.5 Å². The smallest absolute Gasteiger partial charge is 0.246 e. The summed E-state index contributed by atoms with van der Waals surface area (Å²) in [6.07, 6.45) is 4.85. The highest BCUT2D eigenvalue weighted by Gasteiger charge is 2.76. The molecule has 6 atom stereocenters. The van der Waals surface area contributed by atoms with Gasteiger partial charge in [0.15, 0.2) is 0 Å². The Labute approximate surface area is 224 Å². The van der Waals surface area contributed by atoms with E-state index in [9.17, 15) is 14.4 Å². The van der Waals surface area contributed by atoms with Crippen molar-refractivity contribution in [2.75, 3.05) is 19.7 Å². The molecule has 3 aliphatic rings. The van der Waals surface area contributed by atoms with Gasteiger partial charge in [0.25, 0.3) is 0 Å². The van der Waals surface area contributed by atoms with E-state index >= 15 is 0 Å². The third-order valence-electron chi connectivity index (χ3n) is 7.63. The van der Waals surface area contributed by atoms with Crippen LogP contribution in [0.25, 0.3) is 0 Å². The van der Waals surface area contributed by atoms with Crippen molar-refractivity contribution in [3.63, 3.8) is 0 Å². The van der Waals surface area contributed by atoms with E-state index in [1.165, 1.54) is 0 Å². The van der Waals surface area contributed by atoms with Crippen LogP contribution in [0.15, 0.2) is 0 Å². The van der Waals surface area contributed by atoms with E-state index in [4.69, 9.17) is 9.84 Å². The largest absolute Gasteiger partial charge is 0.396 e. The van der Waals surface area contributed by atoms with E-state index < -0.39 is 35.1 Å². The van der Waals surface area contributed by atoms with Crippen LogP contribution in [0.2, 0.25) is 0 Å². The predicted octanol–water partition coefficient (Wildman–Crippen LogP) is 3.14. The summed E-state index contributed by atoms with van der Waals surface area (Å²) >= 11 is 3.71. The number of aliphatic hydroxyl groups is 1. The van der Waals surface area contributed by atoms with Crippen LogP contribution in [0.4, 0.5) is 0 Å². The van der Waals surface area contributed by atoms with Crippen molar-refractivity contribution in [1.29, 1.82) is 0 Å². The maximum absolute atomic E-state index is 14.0. The number of halogens is 1. The Balaban J connectivity index is 1.91. The molecule has 3 rings (SSSR count). The number of nitrogens with one attached hydrogen (secondary N) is 2. The molecule has 0 radical (unpaired) electrons. The lowest BCUT2D eigenvalue weighted by molar-refractivity contribution is -0.143. The molecule has 0 aromatic carbocycles. The molecule has 206 valence electrons. The molecule has 8 nitrogen and oxygen atoms in total. The second-order valence-corrected chi connectivity index (χ2v) is 13.9. The number of hydrogen-bond donors (Lipinski definition) is 3. The van der Waals surface area contributed by atoms with Crippen LogP contribution in [0, 0.1) is 17.3 Å². The summed E-state index contributed by atoms with van der Waals surface area (Å²) in [5, 5.41) is 15.3. The zero-order valence-electron chi connectivity index (χ0n) is 22.9. The Kier molecular flexibility index (Phi) is 9.20. The molecule has 3 amide bonds. The van der Waals surface area contributed by atoms with Crippen molar-refractivity contribution in [3.8, 4) is 0 Å². The second-order valence-electron chi connectivity index (χ2n) is 12.7. The van der Waals surface area contributed by atoms with Crippen molar-refractivity contribution in [2.45, 2.75) is 115 Å². The first kappa shape index (κ1) is 29.4. The van der Waals surface area contributed by atoms with Crippen LogP contribution in [0.3, 0.4) is 0 Å². The fourth-order valence-electron chi connectivity index (χ4n) is 6.86. The number of rotatable bonds is 12. The number of fused-ring (bicyclic) bond motifs is 1. The number of aliphatic hydroxyl groups excluding tert-OH is 1. The molecule has 36 heavy (non-hydrogen) atoms. The molecular formula is C27H46BrN3O5. The van der Waals surface area contributed by atoms with Crippen LogP contribution in [-0.2, 0) is 19.1 Å². The minimum atomic E-state index is -1.02. The molecule has 1 spiro atoms. The number of ether oxygens (including phenoxy) is 1. The molecule has 0 aliphatic carbocycles. The summed E-state index contributed by atoms with van der Waals surface area (Å²) in [4.78, 5) is 42.7. The molecule has 3 N–H and O–H groups in total. The summed E-state index contributed by atoms with van der Waals surface area (Å²) in [6, 6.07) is -0.777. The number of carbonyl (C=O) groups excluding carboxylic acids is 3.